The van der Waals surface area contributed by atoms with Crippen molar-refractivity contribution in [3.05, 3.63) is 23.8 Å². The maximum atomic E-state index is 11.7. The molecule has 0 spiro atoms. The lowest BCUT2D eigenvalue weighted by molar-refractivity contribution is 0.0963. The Labute approximate surface area is 126 Å². The van der Waals surface area contributed by atoms with Crippen LogP contribution in [0.2, 0.25) is 0 Å². The summed E-state index contributed by atoms with van der Waals surface area (Å²) < 4.78 is 0. The minimum atomic E-state index is -0.0886. The Morgan fingerprint density at radius 3 is 2.71 bits per heavy atom. The predicted octanol–water partition coefficient (Wildman–Crippen LogP) is 1.77. The molecule has 1 aromatic carbocycles. The minimum absolute atomic E-state index is 0.0886. The molecule has 1 aliphatic rings. The molecular weight excluding hydrogens is 264 g/mol. The maximum Gasteiger partial charge on any atom is 0.251 e. The molecule has 1 amide bonds. The monoisotopic (exact) mass is 290 g/mol. The number of likely N-dealkylation sites (tertiary alicyclic amines) is 1. The van der Waals surface area contributed by atoms with Gasteiger partial charge >= 0.3 is 0 Å². The van der Waals surface area contributed by atoms with Gasteiger partial charge < -0.3 is 21.3 Å². The van der Waals surface area contributed by atoms with E-state index in [1.165, 1.54) is 25.9 Å². The van der Waals surface area contributed by atoms with Gasteiger partial charge in [0.25, 0.3) is 5.91 Å². The molecule has 116 valence electrons. The van der Waals surface area contributed by atoms with Crippen LogP contribution < -0.4 is 16.4 Å². The summed E-state index contributed by atoms with van der Waals surface area (Å²) >= 11 is 0. The summed E-state index contributed by atoms with van der Waals surface area (Å²) in [5, 5.41) is 6.04. The zero-order valence-corrected chi connectivity index (χ0v) is 13.0. The smallest absolute Gasteiger partial charge is 0.251 e. The van der Waals surface area contributed by atoms with Crippen LogP contribution in [0.5, 0.6) is 0 Å². The van der Waals surface area contributed by atoms with Crippen molar-refractivity contribution in [2.75, 3.05) is 44.3 Å². The normalized spacial score (nSPS) is 16.7. The van der Waals surface area contributed by atoms with E-state index < -0.39 is 0 Å². The second kappa shape index (κ2) is 7.31. The highest BCUT2D eigenvalue weighted by molar-refractivity contribution is 5.96. The second-order valence-electron chi connectivity index (χ2n) is 5.64. The number of hydrogen-bond donors (Lipinski definition) is 3. The van der Waals surface area contributed by atoms with E-state index in [-0.39, 0.29) is 5.91 Å². The SMILES string of the molecule is CCN1CCC(CNc2cc(C(=O)NC)ccc2N)CC1. The molecule has 21 heavy (non-hydrogen) atoms. The zero-order chi connectivity index (χ0) is 15.2. The fraction of sp³-hybridized carbons (Fsp3) is 0.562. The van der Waals surface area contributed by atoms with Crippen molar-refractivity contribution in [2.45, 2.75) is 19.8 Å². The molecule has 0 bridgehead atoms. The Hall–Kier alpha value is -1.75. The maximum absolute atomic E-state index is 11.7. The van der Waals surface area contributed by atoms with Crippen molar-refractivity contribution in [1.29, 1.82) is 0 Å². The number of anilines is 2. The molecule has 0 aromatic heterocycles. The number of rotatable bonds is 5. The summed E-state index contributed by atoms with van der Waals surface area (Å²) in [5.41, 5.74) is 8.17. The number of hydrogen-bond acceptors (Lipinski definition) is 4. The summed E-state index contributed by atoms with van der Waals surface area (Å²) in [4.78, 5) is 14.2. The first-order valence-electron chi connectivity index (χ1n) is 7.71. The second-order valence-corrected chi connectivity index (χ2v) is 5.64. The third kappa shape index (κ3) is 4.11. The number of carbonyl (C=O) groups excluding carboxylic acids is 1. The predicted molar refractivity (Wildman–Crippen MR) is 87.6 cm³/mol. The average Bonchev–Trinajstić information content (AvgIpc) is 2.53. The lowest BCUT2D eigenvalue weighted by Crippen LogP contribution is -2.35. The molecule has 2 rings (SSSR count). The summed E-state index contributed by atoms with van der Waals surface area (Å²) in [6, 6.07) is 5.36. The number of nitrogens with zero attached hydrogens (tertiary/aromatic N) is 1. The van der Waals surface area contributed by atoms with E-state index in [1.807, 2.05) is 6.07 Å². The van der Waals surface area contributed by atoms with Gasteiger partial charge in [0.2, 0.25) is 0 Å². The van der Waals surface area contributed by atoms with Crippen LogP contribution >= 0.6 is 0 Å². The molecule has 5 heteroatoms. The summed E-state index contributed by atoms with van der Waals surface area (Å²) in [7, 11) is 1.63. The van der Waals surface area contributed by atoms with E-state index in [9.17, 15) is 4.79 Å². The van der Waals surface area contributed by atoms with Gasteiger partial charge in [0, 0.05) is 19.2 Å². The Balaban J connectivity index is 1.92. The Morgan fingerprint density at radius 2 is 2.10 bits per heavy atom. The van der Waals surface area contributed by atoms with Crippen LogP contribution in [0, 0.1) is 5.92 Å². The van der Waals surface area contributed by atoms with E-state index in [4.69, 9.17) is 5.73 Å². The van der Waals surface area contributed by atoms with Crippen molar-refractivity contribution in [1.82, 2.24) is 10.2 Å². The third-order valence-corrected chi connectivity index (χ3v) is 4.28. The summed E-state index contributed by atoms with van der Waals surface area (Å²) in [6.07, 6.45) is 2.44. The van der Waals surface area contributed by atoms with Gasteiger partial charge in [-0.25, -0.2) is 0 Å². The first kappa shape index (κ1) is 15.6. The standard InChI is InChI=1S/C16H26N4O/c1-3-20-8-6-12(7-9-20)11-19-15-10-13(16(21)18-2)4-5-14(15)17/h4-5,10,12,19H,3,6-9,11,17H2,1-2H3,(H,18,21). The molecule has 5 nitrogen and oxygen atoms in total. The number of benzene rings is 1. The molecule has 0 saturated carbocycles. The molecule has 0 atom stereocenters. The highest BCUT2D eigenvalue weighted by Crippen LogP contribution is 2.23. The number of nitrogens with two attached hydrogens (primary N) is 1. The lowest BCUT2D eigenvalue weighted by Gasteiger charge is -2.31. The van der Waals surface area contributed by atoms with Crippen molar-refractivity contribution in [3.8, 4) is 0 Å². The topological polar surface area (TPSA) is 70.4 Å². The minimum Gasteiger partial charge on any atom is -0.397 e. The average molecular weight is 290 g/mol. The number of carbonyl (C=O) groups is 1. The molecule has 1 fully saturated rings. The van der Waals surface area contributed by atoms with Gasteiger partial charge in [-0.1, -0.05) is 6.92 Å². The number of nitrogen functional groups attached to an aromatic ring is 1. The van der Waals surface area contributed by atoms with E-state index in [0.29, 0.717) is 17.2 Å². The zero-order valence-electron chi connectivity index (χ0n) is 13.0. The highest BCUT2D eigenvalue weighted by atomic mass is 16.1. The largest absolute Gasteiger partial charge is 0.397 e. The van der Waals surface area contributed by atoms with Gasteiger partial charge in [-0.2, -0.15) is 0 Å². The lowest BCUT2D eigenvalue weighted by atomic mass is 9.96. The van der Waals surface area contributed by atoms with Gasteiger partial charge in [-0.15, -0.1) is 0 Å². The van der Waals surface area contributed by atoms with Gasteiger partial charge in [0.15, 0.2) is 0 Å². The van der Waals surface area contributed by atoms with E-state index in [2.05, 4.69) is 22.5 Å². The van der Waals surface area contributed by atoms with E-state index in [0.717, 1.165) is 18.8 Å². The molecule has 0 aliphatic carbocycles. The van der Waals surface area contributed by atoms with Gasteiger partial charge in [0.1, 0.15) is 0 Å². The van der Waals surface area contributed by atoms with Crippen molar-refractivity contribution < 1.29 is 4.79 Å². The Morgan fingerprint density at radius 1 is 1.38 bits per heavy atom. The Kier molecular flexibility index (Phi) is 5.44. The van der Waals surface area contributed by atoms with Crippen molar-refractivity contribution >= 4 is 17.3 Å². The van der Waals surface area contributed by atoms with Gasteiger partial charge in [-0.05, 0) is 56.6 Å². The van der Waals surface area contributed by atoms with Crippen molar-refractivity contribution in [2.24, 2.45) is 5.92 Å². The fourth-order valence-corrected chi connectivity index (χ4v) is 2.76. The van der Waals surface area contributed by atoms with Gasteiger partial charge in [-0.3, -0.25) is 4.79 Å². The first-order chi connectivity index (χ1) is 10.1. The molecule has 4 N–H and O–H groups in total. The van der Waals surface area contributed by atoms with Crippen LogP contribution in [0.25, 0.3) is 0 Å². The number of nitrogens with one attached hydrogen (secondary N) is 2. The molecule has 1 aromatic rings. The fourth-order valence-electron chi connectivity index (χ4n) is 2.76. The van der Waals surface area contributed by atoms with E-state index in [1.54, 1.807) is 19.2 Å². The highest BCUT2D eigenvalue weighted by Gasteiger charge is 2.18. The Bertz CT molecular complexity index is 481. The molecular formula is C16H26N4O. The quantitative estimate of drug-likeness (QED) is 0.723. The number of piperidine rings is 1. The molecule has 1 saturated heterocycles. The molecule has 0 unspecified atom stereocenters. The van der Waals surface area contributed by atoms with Crippen LogP contribution in [-0.2, 0) is 0 Å². The molecule has 1 heterocycles. The van der Waals surface area contributed by atoms with Crippen LogP contribution in [0.1, 0.15) is 30.1 Å². The van der Waals surface area contributed by atoms with Crippen LogP contribution in [0.4, 0.5) is 11.4 Å². The number of amides is 1. The van der Waals surface area contributed by atoms with Gasteiger partial charge in [0.05, 0.1) is 11.4 Å². The van der Waals surface area contributed by atoms with Crippen LogP contribution in [0.15, 0.2) is 18.2 Å². The van der Waals surface area contributed by atoms with Crippen molar-refractivity contribution in [3.63, 3.8) is 0 Å². The van der Waals surface area contributed by atoms with Crippen LogP contribution in [-0.4, -0.2) is 44.0 Å². The third-order valence-electron chi connectivity index (χ3n) is 4.28. The molecule has 0 radical (unpaired) electrons. The summed E-state index contributed by atoms with van der Waals surface area (Å²) in [5.74, 6) is 0.588. The van der Waals surface area contributed by atoms with E-state index >= 15 is 0 Å². The first-order valence-corrected chi connectivity index (χ1v) is 7.71. The summed E-state index contributed by atoms with van der Waals surface area (Å²) in [6.45, 7) is 6.62. The van der Waals surface area contributed by atoms with Crippen LogP contribution in [0.3, 0.4) is 0 Å². The molecule has 1 aliphatic heterocycles.